The number of primary amides is 1. The summed E-state index contributed by atoms with van der Waals surface area (Å²) in [5.41, 5.74) is 6.94. The molecule has 9 heteroatoms. The molecule has 0 heterocycles. The van der Waals surface area contributed by atoms with E-state index in [2.05, 4.69) is 10.6 Å². The number of aliphatic carboxylic acids is 1. The van der Waals surface area contributed by atoms with Crippen LogP contribution >= 0.6 is 0 Å². The Morgan fingerprint density at radius 1 is 0.938 bits per heavy atom. The lowest BCUT2D eigenvalue weighted by atomic mass is 9.91. The number of nitrogens with two attached hydrogens (primary N) is 1. The fraction of sp³-hybridized carbons (Fsp3) is 0.304. The second kappa shape index (κ2) is 12.2. The lowest BCUT2D eigenvalue weighted by molar-refractivity contribution is -0.146. The predicted octanol–water partition coefficient (Wildman–Crippen LogP) is 0.622. The molecule has 0 radical (unpaired) electrons. The Labute approximate surface area is 185 Å². The van der Waals surface area contributed by atoms with Crippen LogP contribution < -0.4 is 16.4 Å². The van der Waals surface area contributed by atoms with Gasteiger partial charge in [-0.3, -0.25) is 19.2 Å². The quantitative estimate of drug-likeness (QED) is 0.380. The lowest BCUT2D eigenvalue weighted by Crippen LogP contribution is -2.57. The Balaban J connectivity index is 2.11. The van der Waals surface area contributed by atoms with Crippen LogP contribution in [0.4, 0.5) is 0 Å². The Morgan fingerprint density at radius 3 is 2.00 bits per heavy atom. The maximum absolute atomic E-state index is 12.9. The van der Waals surface area contributed by atoms with E-state index in [-0.39, 0.29) is 19.6 Å². The Kier molecular flexibility index (Phi) is 9.37. The third kappa shape index (κ3) is 7.84. The highest BCUT2D eigenvalue weighted by Crippen LogP contribution is 2.14. The van der Waals surface area contributed by atoms with Gasteiger partial charge >= 0.3 is 5.97 Å². The fourth-order valence-electron chi connectivity index (χ4n) is 3.11. The van der Waals surface area contributed by atoms with Crippen LogP contribution in [0, 0.1) is 5.92 Å². The van der Waals surface area contributed by atoms with Crippen LogP contribution in [0.3, 0.4) is 0 Å². The number of carbonyl (C=O) groups is 4. The van der Waals surface area contributed by atoms with Crippen LogP contribution in [0.25, 0.3) is 0 Å². The van der Waals surface area contributed by atoms with E-state index in [1.165, 1.54) is 6.92 Å². The highest BCUT2D eigenvalue weighted by atomic mass is 16.5. The summed E-state index contributed by atoms with van der Waals surface area (Å²) < 4.78 is 5.49. The monoisotopic (exact) mass is 441 g/mol. The molecule has 9 nitrogen and oxygen atoms in total. The smallest absolute Gasteiger partial charge is 0.309 e. The molecule has 2 aromatic rings. The first-order chi connectivity index (χ1) is 15.3. The molecule has 0 aliphatic rings. The average Bonchev–Trinajstić information content (AvgIpc) is 2.76. The first-order valence-corrected chi connectivity index (χ1v) is 10.0. The molecule has 32 heavy (non-hydrogen) atoms. The summed E-state index contributed by atoms with van der Waals surface area (Å²) in [5.74, 6) is -4.79. The van der Waals surface area contributed by atoms with Gasteiger partial charge in [-0.2, -0.15) is 0 Å². The van der Waals surface area contributed by atoms with Crippen molar-refractivity contribution in [1.29, 1.82) is 0 Å². The molecule has 170 valence electrons. The number of ether oxygens (including phenoxy) is 1. The van der Waals surface area contributed by atoms with Gasteiger partial charge in [-0.1, -0.05) is 60.7 Å². The number of nitrogens with one attached hydrogen (secondary N) is 2. The van der Waals surface area contributed by atoms with Crippen LogP contribution in [0.1, 0.15) is 18.1 Å². The van der Waals surface area contributed by atoms with Gasteiger partial charge in [-0.15, -0.1) is 0 Å². The van der Waals surface area contributed by atoms with Crippen molar-refractivity contribution in [2.75, 3.05) is 6.61 Å². The van der Waals surface area contributed by atoms with E-state index < -0.39 is 41.7 Å². The highest BCUT2D eigenvalue weighted by molar-refractivity contribution is 5.94. The van der Waals surface area contributed by atoms with Crippen molar-refractivity contribution in [3.8, 4) is 0 Å². The van der Waals surface area contributed by atoms with Crippen LogP contribution in [0.5, 0.6) is 0 Å². The van der Waals surface area contributed by atoms with E-state index in [0.29, 0.717) is 5.56 Å². The minimum atomic E-state index is -1.42. The topological polar surface area (TPSA) is 148 Å². The summed E-state index contributed by atoms with van der Waals surface area (Å²) in [6.45, 7) is 1.16. The number of carboxylic acid groups (broad SMARTS) is 1. The van der Waals surface area contributed by atoms with Crippen molar-refractivity contribution < 1.29 is 29.0 Å². The molecule has 2 rings (SSSR count). The van der Waals surface area contributed by atoms with Crippen LogP contribution in [-0.4, -0.2) is 47.5 Å². The molecule has 0 fully saturated rings. The van der Waals surface area contributed by atoms with E-state index in [0.717, 1.165) is 5.56 Å². The molecule has 0 aliphatic heterocycles. The summed E-state index contributed by atoms with van der Waals surface area (Å²) >= 11 is 0. The molecule has 0 aromatic heterocycles. The first kappa shape index (κ1) is 24.5. The number of benzene rings is 2. The Morgan fingerprint density at radius 2 is 1.50 bits per heavy atom. The largest absolute Gasteiger partial charge is 0.481 e. The van der Waals surface area contributed by atoms with E-state index in [1.54, 1.807) is 30.3 Å². The third-order valence-electron chi connectivity index (χ3n) is 4.72. The normalized spacial score (nSPS) is 13.4. The van der Waals surface area contributed by atoms with Gasteiger partial charge in [0, 0.05) is 6.92 Å². The fourth-order valence-corrected chi connectivity index (χ4v) is 3.11. The minimum absolute atomic E-state index is 0.000283. The predicted molar refractivity (Wildman–Crippen MR) is 116 cm³/mol. The van der Waals surface area contributed by atoms with Gasteiger partial charge in [-0.05, 0) is 17.5 Å². The molecule has 3 amide bonds. The zero-order chi connectivity index (χ0) is 23.5. The van der Waals surface area contributed by atoms with Gasteiger partial charge in [0.05, 0.1) is 19.1 Å². The van der Waals surface area contributed by atoms with Crippen LogP contribution in [-0.2, 0) is 36.9 Å². The molecular formula is C23H27N3O6. The zero-order valence-corrected chi connectivity index (χ0v) is 17.7. The van der Waals surface area contributed by atoms with E-state index in [1.807, 2.05) is 30.3 Å². The molecule has 0 saturated heterocycles. The molecule has 3 atom stereocenters. The molecule has 5 N–H and O–H groups in total. The lowest BCUT2D eigenvalue weighted by Gasteiger charge is -2.26. The number of rotatable bonds is 12. The molecule has 2 aromatic carbocycles. The van der Waals surface area contributed by atoms with E-state index in [9.17, 15) is 24.3 Å². The number of carboxylic acids is 1. The minimum Gasteiger partial charge on any atom is -0.481 e. The first-order valence-electron chi connectivity index (χ1n) is 10.0. The molecule has 0 bridgehead atoms. The van der Waals surface area contributed by atoms with Crippen LogP contribution in [0.2, 0.25) is 0 Å². The van der Waals surface area contributed by atoms with E-state index in [4.69, 9.17) is 10.5 Å². The third-order valence-corrected chi connectivity index (χ3v) is 4.72. The Hall–Kier alpha value is -3.72. The number of hydrogen-bond donors (Lipinski definition) is 4. The van der Waals surface area contributed by atoms with Gasteiger partial charge < -0.3 is 26.2 Å². The van der Waals surface area contributed by atoms with Crippen molar-refractivity contribution in [2.24, 2.45) is 11.7 Å². The maximum Gasteiger partial charge on any atom is 0.309 e. The zero-order valence-electron chi connectivity index (χ0n) is 17.7. The molecule has 3 unspecified atom stereocenters. The Bertz CT molecular complexity index is 920. The number of carbonyl (C=O) groups excluding carboxylic acids is 3. The van der Waals surface area contributed by atoms with Crippen molar-refractivity contribution in [3.63, 3.8) is 0 Å². The number of hydrogen-bond acceptors (Lipinski definition) is 5. The average molecular weight is 441 g/mol. The van der Waals surface area contributed by atoms with Gasteiger partial charge in [0.15, 0.2) is 0 Å². The molecular weight excluding hydrogens is 414 g/mol. The number of amides is 3. The SMILES string of the molecule is CC(=O)NC(C(=O)NC(COCc1ccccc1)C(N)=O)C(Cc1ccccc1)C(=O)O. The van der Waals surface area contributed by atoms with Crippen LogP contribution in [0.15, 0.2) is 60.7 Å². The van der Waals surface area contributed by atoms with Gasteiger partial charge in [-0.25, -0.2) is 0 Å². The summed E-state index contributed by atoms with van der Waals surface area (Å²) in [6, 6.07) is 15.3. The highest BCUT2D eigenvalue weighted by Gasteiger charge is 2.36. The molecule has 0 saturated carbocycles. The molecule has 0 aliphatic carbocycles. The maximum atomic E-state index is 12.9. The summed E-state index contributed by atoms with van der Waals surface area (Å²) in [6.07, 6.45) is 0.000283. The summed E-state index contributed by atoms with van der Waals surface area (Å²) in [7, 11) is 0. The second-order valence-electron chi connectivity index (χ2n) is 7.28. The van der Waals surface area contributed by atoms with E-state index >= 15 is 0 Å². The van der Waals surface area contributed by atoms with Crippen molar-refractivity contribution >= 4 is 23.7 Å². The molecule has 0 spiro atoms. The summed E-state index contributed by atoms with van der Waals surface area (Å²) in [5, 5.41) is 14.5. The van der Waals surface area contributed by atoms with Gasteiger partial charge in [0.2, 0.25) is 17.7 Å². The summed E-state index contributed by atoms with van der Waals surface area (Å²) in [4.78, 5) is 48.4. The standard InChI is InChI=1S/C23H27N3O6/c1-15(27)25-20(18(23(30)31)12-16-8-4-2-5-9-16)22(29)26-19(21(24)28)14-32-13-17-10-6-3-7-11-17/h2-11,18-20H,12-14H2,1H3,(H2,24,28)(H,25,27)(H,26,29)(H,30,31). The van der Waals surface area contributed by atoms with Gasteiger partial charge in [0.25, 0.3) is 0 Å². The second-order valence-corrected chi connectivity index (χ2v) is 7.28. The van der Waals surface area contributed by atoms with Crippen molar-refractivity contribution in [2.45, 2.75) is 32.0 Å². The van der Waals surface area contributed by atoms with Crippen molar-refractivity contribution in [1.82, 2.24) is 10.6 Å². The van der Waals surface area contributed by atoms with Gasteiger partial charge in [0.1, 0.15) is 12.1 Å². The van der Waals surface area contributed by atoms with Crippen molar-refractivity contribution in [3.05, 3.63) is 71.8 Å².